The van der Waals surface area contributed by atoms with E-state index in [-0.39, 0.29) is 5.03 Å². The number of aromatic nitrogens is 1. The minimum atomic E-state index is -4.30. The maximum absolute atomic E-state index is 11.3. The highest BCUT2D eigenvalue weighted by Crippen LogP contribution is 2.33. The van der Waals surface area contributed by atoms with Crippen LogP contribution in [-0.2, 0) is 15.1 Å². The molecule has 18 heavy (non-hydrogen) atoms. The van der Waals surface area contributed by atoms with Crippen molar-refractivity contribution in [3.63, 3.8) is 0 Å². The van der Waals surface area contributed by atoms with Crippen molar-refractivity contribution in [2.45, 2.75) is 16.9 Å². The Balaban J connectivity index is 2.59. The summed E-state index contributed by atoms with van der Waals surface area (Å²) in [5.74, 6) is 0. The molecule has 0 saturated carbocycles. The van der Waals surface area contributed by atoms with Gasteiger partial charge in [-0.3, -0.25) is 4.55 Å². The molecule has 1 atom stereocenters. The van der Waals surface area contributed by atoms with Crippen LogP contribution in [0.4, 0.5) is 0 Å². The molecule has 1 aromatic carbocycles. The predicted molar refractivity (Wildman–Crippen MR) is 69.3 cm³/mol. The Kier molecular flexibility index (Phi) is 3.23. The quantitative estimate of drug-likeness (QED) is 0.697. The van der Waals surface area contributed by atoms with Crippen LogP contribution in [0.15, 0.2) is 53.7 Å². The van der Waals surface area contributed by atoms with Gasteiger partial charge in [0.2, 0.25) is 0 Å². The van der Waals surface area contributed by atoms with Crippen molar-refractivity contribution < 1.29 is 13.0 Å². The summed E-state index contributed by atoms with van der Waals surface area (Å²) in [6, 6.07) is 11.9. The second-order valence-corrected chi connectivity index (χ2v) is 6.12. The standard InChI is InChI=1S/C12H12ClNO3S/c1-12(13,10-6-3-2-4-7-10)14-9-5-8-11(14)18(15,16)17/h2-9H,1H3,(H,15,16,17). The molecule has 0 amide bonds. The smallest absolute Gasteiger partial charge is 0.310 e. The Bertz CT molecular complexity index is 647. The van der Waals surface area contributed by atoms with Crippen molar-refractivity contribution in [2.75, 3.05) is 0 Å². The zero-order chi connectivity index (χ0) is 13.4. The van der Waals surface area contributed by atoms with Gasteiger partial charge in [-0.2, -0.15) is 8.42 Å². The predicted octanol–water partition coefficient (Wildman–Crippen LogP) is 2.69. The third-order valence-electron chi connectivity index (χ3n) is 2.73. The Morgan fingerprint density at radius 3 is 2.33 bits per heavy atom. The second-order valence-electron chi connectivity index (χ2n) is 4.01. The fourth-order valence-electron chi connectivity index (χ4n) is 1.80. The zero-order valence-electron chi connectivity index (χ0n) is 9.62. The molecular formula is C12H12ClNO3S. The molecule has 6 heteroatoms. The number of rotatable bonds is 3. The second kappa shape index (κ2) is 4.42. The Morgan fingerprint density at radius 1 is 1.17 bits per heavy atom. The van der Waals surface area contributed by atoms with Gasteiger partial charge in [-0.1, -0.05) is 41.9 Å². The van der Waals surface area contributed by atoms with Gasteiger partial charge in [-0.05, 0) is 24.6 Å². The maximum Gasteiger partial charge on any atom is 0.310 e. The van der Waals surface area contributed by atoms with Crippen LogP contribution in [0.25, 0.3) is 0 Å². The number of hydrogen-bond acceptors (Lipinski definition) is 2. The molecule has 96 valence electrons. The van der Waals surface area contributed by atoms with Gasteiger partial charge in [0.05, 0.1) is 0 Å². The van der Waals surface area contributed by atoms with E-state index in [1.165, 1.54) is 22.9 Å². The summed E-state index contributed by atoms with van der Waals surface area (Å²) in [6.45, 7) is 1.67. The van der Waals surface area contributed by atoms with Crippen molar-refractivity contribution in [3.8, 4) is 0 Å². The molecule has 1 unspecified atom stereocenters. The van der Waals surface area contributed by atoms with Gasteiger partial charge in [-0.15, -0.1) is 0 Å². The van der Waals surface area contributed by atoms with E-state index in [0.29, 0.717) is 0 Å². The van der Waals surface area contributed by atoms with E-state index in [1.807, 2.05) is 18.2 Å². The van der Waals surface area contributed by atoms with Crippen LogP contribution in [0.3, 0.4) is 0 Å². The molecule has 1 heterocycles. The summed E-state index contributed by atoms with van der Waals surface area (Å²) < 4.78 is 33.0. The van der Waals surface area contributed by atoms with E-state index in [0.717, 1.165) is 5.56 Å². The molecule has 4 nitrogen and oxygen atoms in total. The summed E-state index contributed by atoms with van der Waals surface area (Å²) in [6.07, 6.45) is 1.52. The molecule has 1 aromatic heterocycles. The van der Waals surface area contributed by atoms with Crippen molar-refractivity contribution >= 4 is 21.7 Å². The van der Waals surface area contributed by atoms with Crippen molar-refractivity contribution in [3.05, 3.63) is 54.2 Å². The molecule has 1 N–H and O–H groups in total. The van der Waals surface area contributed by atoms with E-state index in [4.69, 9.17) is 16.2 Å². The molecule has 0 radical (unpaired) electrons. The van der Waals surface area contributed by atoms with Crippen LogP contribution in [0.2, 0.25) is 0 Å². The Hall–Kier alpha value is -1.30. The zero-order valence-corrected chi connectivity index (χ0v) is 11.2. The molecule has 0 bridgehead atoms. The number of alkyl halides is 1. The minimum absolute atomic E-state index is 0.233. The van der Waals surface area contributed by atoms with E-state index in [1.54, 1.807) is 19.1 Å². The summed E-state index contributed by atoms with van der Waals surface area (Å²) in [4.78, 5) is -1.09. The molecule has 0 aliphatic carbocycles. The van der Waals surface area contributed by atoms with Gasteiger partial charge in [0, 0.05) is 6.20 Å². The van der Waals surface area contributed by atoms with E-state index in [9.17, 15) is 8.42 Å². The molecule has 0 spiro atoms. The van der Waals surface area contributed by atoms with Gasteiger partial charge in [0.15, 0.2) is 5.03 Å². The first-order chi connectivity index (χ1) is 8.33. The topological polar surface area (TPSA) is 59.3 Å². The van der Waals surface area contributed by atoms with Crippen LogP contribution in [0.5, 0.6) is 0 Å². The van der Waals surface area contributed by atoms with Crippen LogP contribution < -0.4 is 0 Å². The molecule has 0 aliphatic rings. The Morgan fingerprint density at radius 2 is 1.78 bits per heavy atom. The van der Waals surface area contributed by atoms with E-state index >= 15 is 0 Å². The van der Waals surface area contributed by atoms with Crippen molar-refractivity contribution in [1.29, 1.82) is 0 Å². The number of benzene rings is 1. The highest BCUT2D eigenvalue weighted by atomic mass is 35.5. The summed E-state index contributed by atoms with van der Waals surface area (Å²) in [5.41, 5.74) is 0.729. The highest BCUT2D eigenvalue weighted by Gasteiger charge is 2.30. The molecular weight excluding hydrogens is 274 g/mol. The lowest BCUT2D eigenvalue weighted by molar-refractivity contribution is 0.451. The van der Waals surface area contributed by atoms with Crippen LogP contribution in [0, 0.1) is 0 Å². The van der Waals surface area contributed by atoms with Crippen LogP contribution >= 0.6 is 11.6 Å². The maximum atomic E-state index is 11.3. The third kappa shape index (κ3) is 2.29. The van der Waals surface area contributed by atoms with Crippen molar-refractivity contribution in [2.24, 2.45) is 0 Å². The largest absolute Gasteiger partial charge is 0.313 e. The molecule has 2 aromatic rings. The minimum Gasteiger partial charge on any atom is -0.313 e. The number of nitrogens with zero attached hydrogens (tertiary/aromatic N) is 1. The SMILES string of the molecule is CC(Cl)(c1ccccc1)n1cccc1S(=O)(=O)O. The normalized spacial score (nSPS) is 15.3. The van der Waals surface area contributed by atoms with Gasteiger partial charge in [-0.25, -0.2) is 0 Å². The van der Waals surface area contributed by atoms with Crippen LogP contribution in [-0.4, -0.2) is 17.5 Å². The van der Waals surface area contributed by atoms with Gasteiger partial charge < -0.3 is 4.57 Å². The fourth-order valence-corrected chi connectivity index (χ4v) is 2.87. The average molecular weight is 286 g/mol. The highest BCUT2D eigenvalue weighted by molar-refractivity contribution is 7.85. The lowest BCUT2D eigenvalue weighted by Gasteiger charge is -2.26. The lowest BCUT2D eigenvalue weighted by Crippen LogP contribution is -2.27. The molecule has 0 saturated heterocycles. The number of halogens is 1. The van der Waals surface area contributed by atoms with E-state index < -0.39 is 15.1 Å². The first kappa shape index (κ1) is 13.1. The summed E-state index contributed by atoms with van der Waals surface area (Å²) in [5, 5.41) is -0.233. The van der Waals surface area contributed by atoms with E-state index in [2.05, 4.69) is 0 Å². The average Bonchev–Trinajstić information content (AvgIpc) is 2.79. The van der Waals surface area contributed by atoms with Gasteiger partial charge in [0.25, 0.3) is 0 Å². The molecule has 0 aliphatic heterocycles. The summed E-state index contributed by atoms with van der Waals surface area (Å²) >= 11 is 6.43. The van der Waals surface area contributed by atoms with Crippen LogP contribution in [0.1, 0.15) is 12.5 Å². The van der Waals surface area contributed by atoms with Crippen molar-refractivity contribution in [1.82, 2.24) is 4.57 Å². The lowest BCUT2D eigenvalue weighted by atomic mass is 10.1. The van der Waals surface area contributed by atoms with Gasteiger partial charge >= 0.3 is 10.1 Å². The number of hydrogen-bond donors (Lipinski definition) is 1. The fraction of sp³-hybridized carbons (Fsp3) is 0.167. The Labute approximate surface area is 111 Å². The third-order valence-corrected chi connectivity index (χ3v) is 3.99. The summed E-state index contributed by atoms with van der Waals surface area (Å²) in [7, 11) is -4.30. The molecule has 2 rings (SSSR count). The first-order valence-corrected chi connectivity index (χ1v) is 7.05. The molecule has 0 fully saturated rings. The van der Waals surface area contributed by atoms with Gasteiger partial charge in [0.1, 0.15) is 5.00 Å². The first-order valence-electron chi connectivity index (χ1n) is 5.23. The monoisotopic (exact) mass is 285 g/mol.